The van der Waals surface area contributed by atoms with Crippen molar-refractivity contribution in [2.24, 2.45) is 11.7 Å². The Morgan fingerprint density at radius 1 is 1.30 bits per heavy atom. The second kappa shape index (κ2) is 5.74. The molecule has 0 amide bonds. The van der Waals surface area contributed by atoms with Crippen molar-refractivity contribution in [1.29, 1.82) is 0 Å². The molecule has 20 heavy (non-hydrogen) atoms. The SMILES string of the molecule is CC(C)CN1CCc2nc(C3(N)CCCCC3)sc2C1. The second-order valence-corrected chi connectivity index (χ2v) is 8.07. The predicted octanol–water partition coefficient (Wildman–Crippen LogP) is 3.28. The number of nitrogens with two attached hydrogens (primary N) is 1. The molecule has 1 aromatic heterocycles. The number of thiazole rings is 1. The molecule has 0 saturated heterocycles. The first-order chi connectivity index (χ1) is 9.57. The molecule has 2 aliphatic rings. The largest absolute Gasteiger partial charge is 0.319 e. The standard InChI is InChI=1S/C16H27N3S/c1-12(2)10-19-9-6-13-14(11-19)20-15(18-13)16(17)7-4-3-5-8-16/h12H,3-11,17H2,1-2H3. The van der Waals surface area contributed by atoms with E-state index in [1.54, 1.807) is 0 Å². The zero-order valence-electron chi connectivity index (χ0n) is 12.8. The summed E-state index contributed by atoms with van der Waals surface area (Å²) in [7, 11) is 0. The lowest BCUT2D eigenvalue weighted by atomic mass is 9.83. The number of hydrogen-bond acceptors (Lipinski definition) is 4. The Bertz CT molecular complexity index is 460. The van der Waals surface area contributed by atoms with Gasteiger partial charge in [0.15, 0.2) is 0 Å². The van der Waals surface area contributed by atoms with Crippen molar-refractivity contribution in [1.82, 2.24) is 9.88 Å². The van der Waals surface area contributed by atoms with Gasteiger partial charge in [0.25, 0.3) is 0 Å². The third kappa shape index (κ3) is 2.92. The van der Waals surface area contributed by atoms with Crippen LogP contribution in [0, 0.1) is 5.92 Å². The Hall–Kier alpha value is -0.450. The fourth-order valence-corrected chi connectivity index (χ4v) is 4.84. The molecule has 1 saturated carbocycles. The first-order valence-electron chi connectivity index (χ1n) is 8.07. The van der Waals surface area contributed by atoms with Gasteiger partial charge in [-0.25, -0.2) is 4.98 Å². The number of aromatic nitrogens is 1. The molecule has 0 bridgehead atoms. The van der Waals surface area contributed by atoms with Crippen molar-refractivity contribution < 1.29 is 0 Å². The number of fused-ring (bicyclic) bond motifs is 1. The fourth-order valence-electron chi connectivity index (χ4n) is 3.53. The Morgan fingerprint density at radius 3 is 2.75 bits per heavy atom. The zero-order chi connectivity index (χ0) is 14.2. The maximum Gasteiger partial charge on any atom is 0.113 e. The summed E-state index contributed by atoms with van der Waals surface area (Å²) in [6, 6.07) is 0. The maximum atomic E-state index is 6.64. The van der Waals surface area contributed by atoms with Gasteiger partial charge >= 0.3 is 0 Å². The summed E-state index contributed by atoms with van der Waals surface area (Å²) in [5.74, 6) is 0.739. The lowest BCUT2D eigenvalue weighted by Gasteiger charge is -2.31. The average molecular weight is 293 g/mol. The van der Waals surface area contributed by atoms with Crippen LogP contribution in [0.4, 0.5) is 0 Å². The first-order valence-corrected chi connectivity index (χ1v) is 8.89. The van der Waals surface area contributed by atoms with Crippen LogP contribution in [-0.2, 0) is 18.5 Å². The van der Waals surface area contributed by atoms with Crippen LogP contribution in [0.2, 0.25) is 0 Å². The van der Waals surface area contributed by atoms with E-state index in [4.69, 9.17) is 10.7 Å². The quantitative estimate of drug-likeness (QED) is 0.930. The molecule has 2 N–H and O–H groups in total. The van der Waals surface area contributed by atoms with Crippen molar-refractivity contribution in [2.75, 3.05) is 13.1 Å². The molecule has 1 aliphatic heterocycles. The molecular weight excluding hydrogens is 266 g/mol. The lowest BCUT2D eigenvalue weighted by Crippen LogP contribution is -2.38. The summed E-state index contributed by atoms with van der Waals surface area (Å²) in [6.07, 6.45) is 7.21. The maximum absolute atomic E-state index is 6.64. The van der Waals surface area contributed by atoms with E-state index >= 15 is 0 Å². The predicted molar refractivity (Wildman–Crippen MR) is 84.9 cm³/mol. The highest BCUT2D eigenvalue weighted by Crippen LogP contribution is 2.38. The van der Waals surface area contributed by atoms with Crippen molar-refractivity contribution in [3.63, 3.8) is 0 Å². The Labute approximate surface area is 126 Å². The van der Waals surface area contributed by atoms with Gasteiger partial charge in [0.1, 0.15) is 5.01 Å². The summed E-state index contributed by atoms with van der Waals surface area (Å²) in [5.41, 5.74) is 7.85. The van der Waals surface area contributed by atoms with Gasteiger partial charge in [0.05, 0.1) is 11.2 Å². The summed E-state index contributed by atoms with van der Waals surface area (Å²) < 4.78 is 0. The van der Waals surface area contributed by atoms with Crippen LogP contribution in [0.1, 0.15) is 61.5 Å². The summed E-state index contributed by atoms with van der Waals surface area (Å²) in [5, 5.41) is 1.22. The Kier molecular flexibility index (Phi) is 4.16. The van der Waals surface area contributed by atoms with Gasteiger partial charge in [-0.05, 0) is 18.8 Å². The van der Waals surface area contributed by atoms with E-state index in [-0.39, 0.29) is 5.54 Å². The van der Waals surface area contributed by atoms with Gasteiger partial charge < -0.3 is 5.73 Å². The third-order valence-electron chi connectivity index (χ3n) is 4.61. The number of rotatable bonds is 3. The highest BCUT2D eigenvalue weighted by Gasteiger charge is 2.34. The normalized spacial score (nSPS) is 23.0. The number of hydrogen-bond donors (Lipinski definition) is 1. The van der Waals surface area contributed by atoms with Crippen LogP contribution in [-0.4, -0.2) is 23.0 Å². The van der Waals surface area contributed by atoms with E-state index in [2.05, 4.69) is 18.7 Å². The van der Waals surface area contributed by atoms with Gasteiger partial charge in [0.2, 0.25) is 0 Å². The zero-order valence-corrected chi connectivity index (χ0v) is 13.6. The Balaban J connectivity index is 1.76. The molecule has 2 heterocycles. The minimum absolute atomic E-state index is 0.122. The van der Waals surface area contributed by atoms with Crippen LogP contribution < -0.4 is 5.73 Å². The van der Waals surface area contributed by atoms with Crippen LogP contribution in [0.25, 0.3) is 0 Å². The molecule has 1 fully saturated rings. The molecular formula is C16H27N3S. The molecule has 3 rings (SSSR count). The molecule has 3 nitrogen and oxygen atoms in total. The molecule has 1 aliphatic carbocycles. The molecule has 0 unspecified atom stereocenters. The third-order valence-corrected chi connectivity index (χ3v) is 5.91. The van der Waals surface area contributed by atoms with Crippen molar-refractivity contribution in [3.05, 3.63) is 15.6 Å². The van der Waals surface area contributed by atoms with Gasteiger partial charge in [-0.2, -0.15) is 0 Å². The smallest absolute Gasteiger partial charge is 0.113 e. The molecule has 4 heteroatoms. The van der Waals surface area contributed by atoms with Crippen LogP contribution in [0.3, 0.4) is 0 Å². The molecule has 112 valence electrons. The van der Waals surface area contributed by atoms with E-state index in [0.717, 1.165) is 38.3 Å². The van der Waals surface area contributed by atoms with E-state index in [9.17, 15) is 0 Å². The lowest BCUT2D eigenvalue weighted by molar-refractivity contribution is 0.227. The highest BCUT2D eigenvalue weighted by atomic mass is 32.1. The van der Waals surface area contributed by atoms with Gasteiger partial charge in [-0.15, -0.1) is 11.3 Å². The summed E-state index contributed by atoms with van der Waals surface area (Å²) in [6.45, 7) is 8.03. The van der Waals surface area contributed by atoms with Gasteiger partial charge in [-0.3, -0.25) is 4.90 Å². The van der Waals surface area contributed by atoms with E-state index < -0.39 is 0 Å². The molecule has 0 radical (unpaired) electrons. The number of nitrogens with zero attached hydrogens (tertiary/aromatic N) is 2. The summed E-state index contributed by atoms with van der Waals surface area (Å²) in [4.78, 5) is 8.97. The van der Waals surface area contributed by atoms with Crippen LogP contribution in [0.15, 0.2) is 0 Å². The fraction of sp³-hybridized carbons (Fsp3) is 0.812. The van der Waals surface area contributed by atoms with Crippen LogP contribution in [0.5, 0.6) is 0 Å². The van der Waals surface area contributed by atoms with Crippen molar-refractivity contribution >= 4 is 11.3 Å². The minimum atomic E-state index is -0.122. The minimum Gasteiger partial charge on any atom is -0.319 e. The molecule has 0 aromatic carbocycles. The van der Waals surface area contributed by atoms with Gasteiger partial charge in [0, 0.05) is 30.9 Å². The monoisotopic (exact) mass is 293 g/mol. The second-order valence-electron chi connectivity index (χ2n) is 6.98. The van der Waals surface area contributed by atoms with E-state index in [1.165, 1.54) is 41.4 Å². The average Bonchev–Trinajstić information content (AvgIpc) is 2.83. The molecule has 0 atom stereocenters. The van der Waals surface area contributed by atoms with Crippen molar-refractivity contribution in [2.45, 2.75) is 64.5 Å². The topological polar surface area (TPSA) is 42.2 Å². The van der Waals surface area contributed by atoms with Crippen molar-refractivity contribution in [3.8, 4) is 0 Å². The first kappa shape index (κ1) is 14.5. The van der Waals surface area contributed by atoms with E-state index in [1.807, 2.05) is 11.3 Å². The highest BCUT2D eigenvalue weighted by molar-refractivity contribution is 7.11. The Morgan fingerprint density at radius 2 is 2.05 bits per heavy atom. The van der Waals surface area contributed by atoms with Gasteiger partial charge in [-0.1, -0.05) is 33.1 Å². The van der Waals surface area contributed by atoms with E-state index in [0.29, 0.717) is 0 Å². The molecule has 0 spiro atoms. The summed E-state index contributed by atoms with van der Waals surface area (Å²) >= 11 is 1.89. The van der Waals surface area contributed by atoms with Crippen LogP contribution >= 0.6 is 11.3 Å². The molecule has 1 aromatic rings.